The van der Waals surface area contributed by atoms with E-state index in [0.717, 1.165) is 5.56 Å². The molecule has 290 valence electrons. The molecular formula is C44H47FO10. The summed E-state index contributed by atoms with van der Waals surface area (Å²) in [5.74, 6) is -4.69. The third kappa shape index (κ3) is 8.82. The van der Waals surface area contributed by atoms with Gasteiger partial charge in [0.15, 0.2) is 0 Å². The van der Waals surface area contributed by atoms with Crippen LogP contribution < -0.4 is 14.2 Å². The number of hydrogen-bond acceptors (Lipinski definition) is 10. The number of ether oxygens (including phenoxy) is 5. The quantitative estimate of drug-likeness (QED) is 0.104. The zero-order valence-corrected chi connectivity index (χ0v) is 32.4. The van der Waals surface area contributed by atoms with Crippen LogP contribution in [0.2, 0.25) is 0 Å². The number of carbonyl (C=O) groups is 4. The third-order valence-electron chi connectivity index (χ3n) is 10.2. The minimum Gasteiger partial charge on any atom is -0.508 e. The van der Waals surface area contributed by atoms with Crippen LogP contribution >= 0.6 is 0 Å². The van der Waals surface area contributed by atoms with Gasteiger partial charge in [0.25, 0.3) is 5.79 Å². The van der Waals surface area contributed by atoms with Gasteiger partial charge in [0, 0.05) is 12.5 Å². The Bertz CT molecular complexity index is 2060. The highest BCUT2D eigenvalue weighted by Crippen LogP contribution is 2.48. The Morgan fingerprint density at radius 3 is 1.98 bits per heavy atom. The number of carbonyl (C=O) groups excluding carboxylic acids is 4. The molecule has 11 heteroatoms. The summed E-state index contributed by atoms with van der Waals surface area (Å²) in [5, 5.41) is 9.68. The van der Waals surface area contributed by atoms with Crippen molar-refractivity contribution in [2.45, 2.75) is 86.0 Å². The Kier molecular flexibility index (Phi) is 11.2. The van der Waals surface area contributed by atoms with Gasteiger partial charge in [-0.2, -0.15) is 0 Å². The molecule has 3 unspecified atom stereocenters. The molecule has 5 rings (SSSR count). The highest BCUT2D eigenvalue weighted by molar-refractivity contribution is 5.98. The van der Waals surface area contributed by atoms with Gasteiger partial charge in [-0.15, -0.1) is 0 Å². The van der Waals surface area contributed by atoms with Gasteiger partial charge >= 0.3 is 23.9 Å². The molecule has 4 aromatic rings. The van der Waals surface area contributed by atoms with Crippen LogP contribution in [-0.2, 0) is 35.2 Å². The first-order valence-electron chi connectivity index (χ1n) is 18.0. The molecule has 1 aliphatic heterocycles. The molecule has 1 N–H and O–H groups in total. The second-order valence-corrected chi connectivity index (χ2v) is 15.8. The van der Waals surface area contributed by atoms with Crippen LogP contribution in [0.15, 0.2) is 97.1 Å². The first kappa shape index (κ1) is 40.5. The Labute approximate surface area is 320 Å². The molecule has 0 saturated carbocycles. The third-order valence-corrected chi connectivity index (χ3v) is 10.2. The maximum absolute atomic E-state index is 14.5. The van der Waals surface area contributed by atoms with Gasteiger partial charge < -0.3 is 28.8 Å². The van der Waals surface area contributed by atoms with Gasteiger partial charge in [0.2, 0.25) is 0 Å². The first-order chi connectivity index (χ1) is 25.7. The van der Waals surface area contributed by atoms with Crippen LogP contribution in [-0.4, -0.2) is 29.0 Å². The van der Waals surface area contributed by atoms with Crippen molar-refractivity contribution in [3.05, 3.63) is 120 Å². The van der Waals surface area contributed by atoms with Crippen LogP contribution in [0.25, 0.3) is 0 Å². The topological polar surface area (TPSA) is 135 Å². The minimum atomic E-state index is -1.58. The van der Waals surface area contributed by atoms with Gasteiger partial charge in [-0.1, -0.05) is 43.3 Å². The highest BCUT2D eigenvalue weighted by Gasteiger charge is 2.51. The number of phenols is 1. The molecule has 0 amide bonds. The molecule has 0 spiro atoms. The van der Waals surface area contributed by atoms with E-state index in [1.54, 1.807) is 54.5 Å². The second kappa shape index (κ2) is 15.2. The van der Waals surface area contributed by atoms with E-state index in [1.807, 2.05) is 30.3 Å². The normalized spacial score (nSPS) is 17.7. The van der Waals surface area contributed by atoms with Crippen molar-refractivity contribution in [3.63, 3.8) is 0 Å². The lowest BCUT2D eigenvalue weighted by atomic mass is 9.65. The highest BCUT2D eigenvalue weighted by atomic mass is 19.1. The molecule has 0 fully saturated rings. The van der Waals surface area contributed by atoms with Gasteiger partial charge in [-0.25, -0.2) is 9.18 Å². The molecule has 0 radical (unpaired) electrons. The lowest BCUT2D eigenvalue weighted by Gasteiger charge is -2.41. The van der Waals surface area contributed by atoms with Crippen LogP contribution in [0.3, 0.4) is 0 Å². The van der Waals surface area contributed by atoms with E-state index in [2.05, 4.69) is 0 Å². The van der Waals surface area contributed by atoms with Gasteiger partial charge in [-0.3, -0.25) is 14.4 Å². The van der Waals surface area contributed by atoms with E-state index < -0.39 is 57.3 Å². The molecule has 1 heterocycles. The van der Waals surface area contributed by atoms with E-state index in [1.165, 1.54) is 67.6 Å². The number of phenolic OH excluding ortho intramolecular Hbond substituents is 1. The smallest absolute Gasteiger partial charge is 0.349 e. The average Bonchev–Trinajstić information content (AvgIpc) is 3.12. The lowest BCUT2D eigenvalue weighted by molar-refractivity contribution is -0.176. The van der Waals surface area contributed by atoms with Crippen LogP contribution in [0.1, 0.15) is 96.1 Å². The molecule has 55 heavy (non-hydrogen) atoms. The van der Waals surface area contributed by atoms with E-state index in [-0.39, 0.29) is 47.8 Å². The summed E-state index contributed by atoms with van der Waals surface area (Å²) in [7, 11) is 0. The maximum atomic E-state index is 14.5. The van der Waals surface area contributed by atoms with E-state index >= 15 is 0 Å². The summed E-state index contributed by atoms with van der Waals surface area (Å²) in [5.41, 5.74) is -4.16. The summed E-state index contributed by atoms with van der Waals surface area (Å²) >= 11 is 0. The molecule has 0 aromatic heterocycles. The summed E-state index contributed by atoms with van der Waals surface area (Å²) in [6.07, 6.45) is -0.00625. The molecule has 0 aliphatic carbocycles. The predicted octanol–water partition coefficient (Wildman–Crippen LogP) is 9.17. The fourth-order valence-corrected chi connectivity index (χ4v) is 6.90. The molecule has 10 nitrogen and oxygen atoms in total. The predicted molar refractivity (Wildman–Crippen MR) is 201 cm³/mol. The summed E-state index contributed by atoms with van der Waals surface area (Å²) < 4.78 is 43.3. The van der Waals surface area contributed by atoms with Gasteiger partial charge in [0.05, 0.1) is 16.2 Å². The van der Waals surface area contributed by atoms with Crippen molar-refractivity contribution in [1.82, 2.24) is 0 Å². The van der Waals surface area contributed by atoms with Crippen LogP contribution in [0, 0.1) is 22.1 Å². The van der Waals surface area contributed by atoms with Crippen LogP contribution in [0.4, 0.5) is 4.39 Å². The number of aromatic hydroxyl groups is 1. The Morgan fingerprint density at radius 2 is 1.36 bits per heavy atom. The van der Waals surface area contributed by atoms with Crippen molar-refractivity contribution < 1.29 is 52.4 Å². The number of hydrogen-bond donors (Lipinski definition) is 1. The number of halogens is 1. The fourth-order valence-electron chi connectivity index (χ4n) is 6.90. The molecular weight excluding hydrogens is 707 g/mol. The van der Waals surface area contributed by atoms with Gasteiger partial charge in [0.1, 0.15) is 40.0 Å². The van der Waals surface area contributed by atoms with Crippen molar-refractivity contribution in [3.8, 4) is 23.0 Å². The van der Waals surface area contributed by atoms with E-state index in [4.69, 9.17) is 23.7 Å². The molecule has 3 atom stereocenters. The van der Waals surface area contributed by atoms with Crippen molar-refractivity contribution in [2.24, 2.45) is 16.2 Å². The summed E-state index contributed by atoms with van der Waals surface area (Å²) in [6, 6.07) is 24.8. The Morgan fingerprint density at radius 1 is 0.727 bits per heavy atom. The van der Waals surface area contributed by atoms with Crippen LogP contribution in [0.5, 0.6) is 23.0 Å². The SMILES string of the molecule is CCC(C)(CC(C)(CC(C)(C)C(=O)Oc1ccc(O)cc1)C(=O)OC(C)(C)c1ccccc1)C(=O)Oc1cccc2c1C(=O)OC(C)(c1ccc(F)cc1)O2. The second-order valence-electron chi connectivity index (χ2n) is 15.8. The van der Waals surface area contributed by atoms with Crippen molar-refractivity contribution in [1.29, 1.82) is 0 Å². The largest absolute Gasteiger partial charge is 0.508 e. The van der Waals surface area contributed by atoms with E-state index in [0.29, 0.717) is 5.56 Å². The summed E-state index contributed by atoms with van der Waals surface area (Å²) in [6.45, 7) is 13.4. The summed E-state index contributed by atoms with van der Waals surface area (Å²) in [4.78, 5) is 56.0. The average molecular weight is 755 g/mol. The number of benzene rings is 4. The first-order valence-corrected chi connectivity index (χ1v) is 18.0. The zero-order valence-electron chi connectivity index (χ0n) is 32.4. The number of fused-ring (bicyclic) bond motifs is 1. The van der Waals surface area contributed by atoms with Crippen molar-refractivity contribution >= 4 is 23.9 Å². The number of esters is 4. The lowest BCUT2D eigenvalue weighted by Crippen LogP contribution is -2.46. The molecule has 1 aliphatic rings. The minimum absolute atomic E-state index is 0.00468. The molecule has 0 bridgehead atoms. The zero-order chi connectivity index (χ0) is 40.4. The Hall–Kier alpha value is -5.71. The number of cyclic esters (lactones) is 1. The fraction of sp³-hybridized carbons (Fsp3) is 0.364. The Balaban J connectivity index is 1.45. The van der Waals surface area contributed by atoms with Crippen molar-refractivity contribution in [2.75, 3.05) is 0 Å². The standard InChI is InChI=1S/C44H47FO10/c1-9-42(6,38(49)52-33-16-13-17-34-35(33)36(47)54-44(8,53-34)29-18-20-30(45)21-19-29)27-43(7,39(50)55-41(4,5)28-14-11-10-12-15-28)26-40(2,3)37(48)51-32-24-22-31(46)23-25-32/h10-25,46H,9,26-27H2,1-8H3. The number of rotatable bonds is 13. The maximum Gasteiger partial charge on any atom is 0.349 e. The monoisotopic (exact) mass is 754 g/mol. The van der Waals surface area contributed by atoms with Gasteiger partial charge in [-0.05, 0) is 127 Å². The molecule has 4 aromatic carbocycles. The molecule has 0 saturated heterocycles. The van der Waals surface area contributed by atoms with E-state index in [9.17, 15) is 28.7 Å².